The fraction of sp³-hybridized carbons (Fsp3) is 0.400. The van der Waals surface area contributed by atoms with Crippen molar-refractivity contribution in [1.29, 1.82) is 0 Å². The molecule has 0 radical (unpaired) electrons. The molecule has 1 saturated carbocycles. The number of nitrogens with one attached hydrogen (secondary N) is 1. The van der Waals surface area contributed by atoms with Gasteiger partial charge in [0.1, 0.15) is 4.21 Å². The van der Waals surface area contributed by atoms with Gasteiger partial charge in [0.25, 0.3) is 0 Å². The molecule has 0 aliphatic heterocycles. The van der Waals surface area contributed by atoms with Crippen LogP contribution in [-0.4, -0.2) is 24.5 Å². The smallest absolute Gasteiger partial charge is 0.338 e. The van der Waals surface area contributed by atoms with Crippen LogP contribution in [0.25, 0.3) is 12.2 Å². The summed E-state index contributed by atoms with van der Waals surface area (Å²) in [6, 6.07) is 3.19. The van der Waals surface area contributed by atoms with Gasteiger partial charge < -0.3 is 4.52 Å². The van der Waals surface area contributed by atoms with Gasteiger partial charge in [-0.05, 0) is 44.1 Å². The van der Waals surface area contributed by atoms with Crippen molar-refractivity contribution in [1.82, 2.24) is 9.88 Å². The van der Waals surface area contributed by atoms with Crippen molar-refractivity contribution in [2.45, 2.75) is 42.9 Å². The second-order valence-electron chi connectivity index (χ2n) is 5.83. The van der Waals surface area contributed by atoms with Crippen molar-refractivity contribution >= 4 is 39.2 Å². The van der Waals surface area contributed by atoms with Crippen LogP contribution in [0.4, 0.5) is 5.69 Å². The quantitative estimate of drug-likeness (QED) is 0.604. The third kappa shape index (κ3) is 3.97. The Labute approximate surface area is 148 Å². The molecule has 0 atom stereocenters. The summed E-state index contributed by atoms with van der Waals surface area (Å²) < 4.78 is 32.6. The number of aryl methyl sites for hydroxylation is 1. The van der Waals surface area contributed by atoms with Gasteiger partial charge in [-0.3, -0.25) is 10.1 Å². The Kier molecular flexibility index (Phi) is 5.02. The largest absolute Gasteiger partial charge is 0.349 e. The average molecular weight is 383 g/mol. The molecule has 1 fully saturated rings. The van der Waals surface area contributed by atoms with Crippen molar-refractivity contribution in [2.75, 3.05) is 0 Å². The van der Waals surface area contributed by atoms with E-state index in [0.29, 0.717) is 4.88 Å². The minimum Gasteiger partial charge on any atom is -0.349 e. The Morgan fingerprint density at radius 2 is 2.08 bits per heavy atom. The van der Waals surface area contributed by atoms with Gasteiger partial charge in [-0.15, -0.1) is 11.3 Å². The van der Waals surface area contributed by atoms with Crippen molar-refractivity contribution in [3.63, 3.8) is 0 Å². The summed E-state index contributed by atoms with van der Waals surface area (Å²) in [6.07, 6.45) is 6.82. The van der Waals surface area contributed by atoms with Crippen molar-refractivity contribution in [2.24, 2.45) is 0 Å². The van der Waals surface area contributed by atoms with Gasteiger partial charge in [0, 0.05) is 10.9 Å². The van der Waals surface area contributed by atoms with E-state index in [2.05, 4.69) is 9.88 Å². The molecule has 2 aromatic rings. The standard InChI is InChI=1S/C15H17N3O5S2/c1-10-15(18(19)20)13(23-16-10)8-6-12-7-9-14(24-12)25(21,22)17-11-4-2-3-5-11/h6-9,11,17H,2-5H2,1H3/b8-6+. The molecule has 0 spiro atoms. The number of rotatable bonds is 6. The van der Waals surface area contributed by atoms with E-state index in [1.54, 1.807) is 12.1 Å². The molecule has 0 unspecified atom stereocenters. The lowest BCUT2D eigenvalue weighted by Crippen LogP contribution is -2.32. The molecular formula is C15H17N3O5S2. The summed E-state index contributed by atoms with van der Waals surface area (Å²) >= 11 is 1.09. The molecule has 0 amide bonds. The van der Waals surface area contributed by atoms with Crippen LogP contribution in [-0.2, 0) is 10.0 Å². The lowest BCUT2D eigenvalue weighted by atomic mass is 10.3. The molecular weight excluding hydrogens is 366 g/mol. The van der Waals surface area contributed by atoms with E-state index in [0.717, 1.165) is 37.0 Å². The van der Waals surface area contributed by atoms with Gasteiger partial charge in [-0.25, -0.2) is 13.1 Å². The summed E-state index contributed by atoms with van der Waals surface area (Å²) in [5.41, 5.74) is 0.00316. The first-order valence-electron chi connectivity index (χ1n) is 7.78. The molecule has 3 rings (SSSR count). The third-order valence-electron chi connectivity index (χ3n) is 3.98. The highest BCUT2D eigenvalue weighted by Gasteiger charge is 2.24. The van der Waals surface area contributed by atoms with Crippen LogP contribution in [0.15, 0.2) is 20.9 Å². The number of sulfonamides is 1. The van der Waals surface area contributed by atoms with Crippen LogP contribution in [0.5, 0.6) is 0 Å². The molecule has 2 heterocycles. The zero-order chi connectivity index (χ0) is 18.0. The second-order valence-corrected chi connectivity index (χ2v) is 8.89. The van der Waals surface area contributed by atoms with E-state index in [4.69, 9.17) is 4.52 Å². The zero-order valence-electron chi connectivity index (χ0n) is 13.5. The predicted octanol–water partition coefficient (Wildman–Crippen LogP) is 3.34. The highest BCUT2D eigenvalue weighted by molar-refractivity contribution is 7.91. The summed E-state index contributed by atoms with van der Waals surface area (Å²) in [5, 5.41) is 14.6. The Hall–Kier alpha value is -2.04. The van der Waals surface area contributed by atoms with E-state index in [1.165, 1.54) is 19.1 Å². The first kappa shape index (κ1) is 17.8. The van der Waals surface area contributed by atoms with Gasteiger partial charge in [0.05, 0.1) is 4.92 Å². The Bertz CT molecular complexity index is 907. The average Bonchev–Trinajstić information content (AvgIpc) is 3.25. The molecule has 10 heteroatoms. The number of nitrogens with zero attached hydrogens (tertiary/aromatic N) is 2. The van der Waals surface area contributed by atoms with Gasteiger partial charge in [0.15, 0.2) is 5.69 Å². The molecule has 0 bridgehead atoms. The molecule has 8 nitrogen and oxygen atoms in total. The highest BCUT2D eigenvalue weighted by Crippen LogP contribution is 2.28. The number of thiophene rings is 1. The number of hydrogen-bond donors (Lipinski definition) is 1. The molecule has 134 valence electrons. The molecule has 1 aliphatic rings. The van der Waals surface area contributed by atoms with Crippen molar-refractivity contribution in [3.05, 3.63) is 38.6 Å². The van der Waals surface area contributed by atoms with Crippen LogP contribution >= 0.6 is 11.3 Å². The van der Waals surface area contributed by atoms with E-state index >= 15 is 0 Å². The molecule has 2 aromatic heterocycles. The summed E-state index contributed by atoms with van der Waals surface area (Å²) in [4.78, 5) is 11.1. The lowest BCUT2D eigenvalue weighted by Gasteiger charge is -2.10. The number of aromatic nitrogens is 1. The maximum Gasteiger partial charge on any atom is 0.338 e. The Morgan fingerprint density at radius 3 is 2.76 bits per heavy atom. The second kappa shape index (κ2) is 7.06. The summed E-state index contributed by atoms with van der Waals surface area (Å²) in [6.45, 7) is 1.49. The lowest BCUT2D eigenvalue weighted by molar-refractivity contribution is -0.386. The monoisotopic (exact) mass is 383 g/mol. The number of hydrogen-bond acceptors (Lipinski definition) is 7. The van der Waals surface area contributed by atoms with Crippen LogP contribution in [0.3, 0.4) is 0 Å². The predicted molar refractivity (Wildman–Crippen MR) is 93.7 cm³/mol. The van der Waals surface area contributed by atoms with Gasteiger partial charge in [0.2, 0.25) is 15.8 Å². The summed E-state index contributed by atoms with van der Waals surface area (Å²) in [7, 11) is -3.53. The van der Waals surface area contributed by atoms with Crippen LogP contribution in [0.2, 0.25) is 0 Å². The van der Waals surface area contributed by atoms with Gasteiger partial charge in [-0.2, -0.15) is 0 Å². The topological polar surface area (TPSA) is 115 Å². The zero-order valence-corrected chi connectivity index (χ0v) is 15.1. The van der Waals surface area contributed by atoms with Crippen LogP contribution in [0, 0.1) is 17.0 Å². The molecule has 1 aliphatic carbocycles. The first-order chi connectivity index (χ1) is 11.9. The normalized spacial score (nSPS) is 16.0. The van der Waals surface area contributed by atoms with Gasteiger partial charge in [-0.1, -0.05) is 18.0 Å². The molecule has 25 heavy (non-hydrogen) atoms. The fourth-order valence-electron chi connectivity index (χ4n) is 2.76. The van der Waals surface area contributed by atoms with Crippen molar-refractivity contribution in [3.8, 4) is 0 Å². The van der Waals surface area contributed by atoms with Gasteiger partial charge >= 0.3 is 5.69 Å². The van der Waals surface area contributed by atoms with E-state index < -0.39 is 14.9 Å². The highest BCUT2D eigenvalue weighted by atomic mass is 32.2. The van der Waals surface area contributed by atoms with E-state index in [9.17, 15) is 18.5 Å². The Balaban J connectivity index is 1.76. The number of nitro groups is 1. The first-order valence-corrected chi connectivity index (χ1v) is 10.1. The Morgan fingerprint density at radius 1 is 1.36 bits per heavy atom. The fourth-order valence-corrected chi connectivity index (χ4v) is 5.31. The van der Waals surface area contributed by atoms with E-state index in [1.807, 2.05) is 0 Å². The third-order valence-corrected chi connectivity index (χ3v) is 7.05. The van der Waals surface area contributed by atoms with E-state index in [-0.39, 0.29) is 27.4 Å². The molecule has 1 N–H and O–H groups in total. The minimum absolute atomic E-state index is 0.00547. The maximum absolute atomic E-state index is 12.4. The molecule has 0 aromatic carbocycles. The minimum atomic E-state index is -3.53. The van der Waals surface area contributed by atoms with Crippen LogP contribution in [0.1, 0.15) is 42.0 Å². The maximum atomic E-state index is 12.4. The molecule has 0 saturated heterocycles. The van der Waals surface area contributed by atoms with Crippen LogP contribution < -0.4 is 4.72 Å². The van der Waals surface area contributed by atoms with Crippen molar-refractivity contribution < 1.29 is 17.9 Å². The summed E-state index contributed by atoms with van der Waals surface area (Å²) in [5.74, 6) is 0.0318. The SMILES string of the molecule is Cc1noc(/C=C/c2ccc(S(=O)(=O)NC3CCCC3)s2)c1[N+](=O)[O-].